The average molecular weight is 389 g/mol. The molecule has 0 unspecified atom stereocenters. The molecule has 0 spiro atoms. The van der Waals surface area contributed by atoms with Crippen molar-refractivity contribution in [2.45, 2.75) is 12.5 Å². The molecule has 3 heterocycles. The van der Waals surface area contributed by atoms with Crippen LogP contribution >= 0.6 is 11.3 Å². The summed E-state index contributed by atoms with van der Waals surface area (Å²) in [6.07, 6.45) is -0.561. The number of hydrogen-bond acceptors (Lipinski definition) is 6. The highest BCUT2D eigenvalue weighted by atomic mass is 32.1. The molecule has 0 bridgehead atoms. The van der Waals surface area contributed by atoms with Crippen LogP contribution < -0.4 is 9.47 Å². The summed E-state index contributed by atoms with van der Waals surface area (Å²) in [5.41, 5.74) is 0.967. The first kappa shape index (κ1) is 17.8. The highest BCUT2D eigenvalue weighted by Crippen LogP contribution is 2.37. The van der Waals surface area contributed by atoms with Gasteiger partial charge in [0.15, 0.2) is 11.5 Å². The molecule has 0 radical (unpaired) electrons. The first-order chi connectivity index (χ1) is 13.1. The standard InChI is InChI=1S/C19H19NO6S/c21-18(22)10-13-11-20(5-6-24-13)19(23)17-4-3-16(27-17)12-1-2-14-15(9-12)26-8-7-25-14/h1-4,9,13H,5-8,10-11H2,(H,21,22)/t13-/m1/s1. The molecule has 27 heavy (non-hydrogen) atoms. The van der Waals surface area contributed by atoms with E-state index in [1.807, 2.05) is 24.3 Å². The number of amides is 1. The number of fused-ring (bicyclic) bond motifs is 1. The van der Waals surface area contributed by atoms with Crippen molar-refractivity contribution in [1.82, 2.24) is 4.90 Å². The number of benzene rings is 1. The van der Waals surface area contributed by atoms with Crippen molar-refractivity contribution >= 4 is 23.2 Å². The molecule has 1 fully saturated rings. The Kier molecular flexibility index (Phi) is 5.00. The Morgan fingerprint density at radius 3 is 2.74 bits per heavy atom. The van der Waals surface area contributed by atoms with E-state index in [0.29, 0.717) is 43.5 Å². The summed E-state index contributed by atoms with van der Waals surface area (Å²) >= 11 is 1.41. The molecule has 1 aromatic carbocycles. The lowest BCUT2D eigenvalue weighted by molar-refractivity contribution is -0.141. The highest BCUT2D eigenvalue weighted by Gasteiger charge is 2.27. The highest BCUT2D eigenvalue weighted by molar-refractivity contribution is 7.17. The third kappa shape index (κ3) is 3.91. The number of morpholine rings is 1. The van der Waals surface area contributed by atoms with Gasteiger partial charge in [-0.25, -0.2) is 0 Å². The Morgan fingerprint density at radius 2 is 1.93 bits per heavy atom. The van der Waals surface area contributed by atoms with E-state index < -0.39 is 12.1 Å². The fraction of sp³-hybridized carbons (Fsp3) is 0.368. The van der Waals surface area contributed by atoms with Gasteiger partial charge < -0.3 is 24.2 Å². The van der Waals surface area contributed by atoms with Crippen LogP contribution in [-0.4, -0.2) is 60.9 Å². The molecule has 1 amide bonds. The molecule has 0 saturated carbocycles. The molecule has 1 atom stereocenters. The van der Waals surface area contributed by atoms with Gasteiger partial charge in [-0.05, 0) is 35.9 Å². The first-order valence-electron chi connectivity index (χ1n) is 8.72. The number of nitrogens with zero attached hydrogens (tertiary/aromatic N) is 1. The minimum absolute atomic E-state index is 0.0949. The van der Waals surface area contributed by atoms with Crippen molar-refractivity contribution in [3.63, 3.8) is 0 Å². The van der Waals surface area contributed by atoms with E-state index in [2.05, 4.69) is 0 Å². The Labute approximate surface area is 160 Å². The fourth-order valence-electron chi connectivity index (χ4n) is 3.18. The molecule has 2 aliphatic heterocycles. The lowest BCUT2D eigenvalue weighted by atomic mass is 10.1. The van der Waals surface area contributed by atoms with Gasteiger partial charge in [-0.2, -0.15) is 0 Å². The second kappa shape index (κ2) is 7.58. The average Bonchev–Trinajstić information content (AvgIpc) is 3.17. The molecule has 1 saturated heterocycles. The Morgan fingerprint density at radius 1 is 1.11 bits per heavy atom. The van der Waals surface area contributed by atoms with Crippen molar-refractivity contribution in [2.75, 3.05) is 32.9 Å². The van der Waals surface area contributed by atoms with Gasteiger partial charge in [0.25, 0.3) is 5.91 Å². The van der Waals surface area contributed by atoms with Crippen molar-refractivity contribution in [3.05, 3.63) is 35.2 Å². The number of carbonyl (C=O) groups is 2. The Balaban J connectivity index is 1.49. The zero-order valence-corrected chi connectivity index (χ0v) is 15.4. The molecule has 2 aliphatic rings. The SMILES string of the molecule is O=C(O)C[C@@H]1CN(C(=O)c2ccc(-c3ccc4c(c3)OCCO4)s2)CCO1. The Bertz CT molecular complexity index is 864. The minimum Gasteiger partial charge on any atom is -0.486 e. The van der Waals surface area contributed by atoms with Gasteiger partial charge in [0, 0.05) is 18.0 Å². The second-order valence-electron chi connectivity index (χ2n) is 6.36. The lowest BCUT2D eigenvalue weighted by Gasteiger charge is -2.32. The van der Waals surface area contributed by atoms with E-state index in [1.54, 1.807) is 11.0 Å². The maximum atomic E-state index is 12.8. The summed E-state index contributed by atoms with van der Waals surface area (Å²) in [5.74, 6) is 0.425. The molecule has 2 aromatic rings. The third-order valence-electron chi connectivity index (χ3n) is 4.47. The van der Waals surface area contributed by atoms with Gasteiger partial charge in [-0.1, -0.05) is 0 Å². The van der Waals surface area contributed by atoms with Crippen LogP contribution in [0.1, 0.15) is 16.1 Å². The summed E-state index contributed by atoms with van der Waals surface area (Å²) in [7, 11) is 0. The third-order valence-corrected chi connectivity index (χ3v) is 5.59. The van der Waals surface area contributed by atoms with E-state index in [1.165, 1.54) is 11.3 Å². The molecule has 1 N–H and O–H groups in total. The lowest BCUT2D eigenvalue weighted by Crippen LogP contribution is -2.46. The number of hydrogen-bond donors (Lipinski definition) is 1. The van der Waals surface area contributed by atoms with Crippen LogP contribution in [0.15, 0.2) is 30.3 Å². The van der Waals surface area contributed by atoms with Crippen LogP contribution in [0.5, 0.6) is 11.5 Å². The molecular formula is C19H19NO6S. The molecule has 142 valence electrons. The van der Waals surface area contributed by atoms with E-state index in [4.69, 9.17) is 19.3 Å². The van der Waals surface area contributed by atoms with E-state index >= 15 is 0 Å². The van der Waals surface area contributed by atoms with E-state index in [-0.39, 0.29) is 12.3 Å². The van der Waals surface area contributed by atoms with Gasteiger partial charge in [0.05, 0.1) is 24.0 Å². The van der Waals surface area contributed by atoms with Crippen molar-refractivity contribution < 1.29 is 28.9 Å². The van der Waals surface area contributed by atoms with Crippen molar-refractivity contribution in [1.29, 1.82) is 0 Å². The monoisotopic (exact) mass is 389 g/mol. The van der Waals surface area contributed by atoms with Crippen LogP contribution in [-0.2, 0) is 9.53 Å². The quantitative estimate of drug-likeness (QED) is 0.865. The molecule has 8 heteroatoms. The smallest absolute Gasteiger partial charge is 0.306 e. The van der Waals surface area contributed by atoms with Gasteiger partial charge in [0.1, 0.15) is 13.2 Å². The van der Waals surface area contributed by atoms with Gasteiger partial charge in [0.2, 0.25) is 0 Å². The van der Waals surface area contributed by atoms with E-state index in [9.17, 15) is 9.59 Å². The number of carboxylic acids is 1. The maximum absolute atomic E-state index is 12.8. The van der Waals surface area contributed by atoms with E-state index in [0.717, 1.165) is 16.2 Å². The summed E-state index contributed by atoms with van der Waals surface area (Å²) in [6.45, 7) is 2.18. The van der Waals surface area contributed by atoms with Crippen LogP contribution in [0.2, 0.25) is 0 Å². The van der Waals surface area contributed by atoms with Crippen molar-refractivity contribution in [2.24, 2.45) is 0 Å². The number of carboxylic acid groups (broad SMARTS) is 1. The van der Waals surface area contributed by atoms with Gasteiger partial charge >= 0.3 is 5.97 Å². The normalized spacial score (nSPS) is 19.0. The van der Waals surface area contributed by atoms with Crippen LogP contribution in [0.25, 0.3) is 10.4 Å². The molecule has 1 aromatic heterocycles. The number of carbonyl (C=O) groups excluding carboxylic acids is 1. The van der Waals surface area contributed by atoms with Crippen LogP contribution in [0.4, 0.5) is 0 Å². The predicted octanol–water partition coefficient (Wildman–Crippen LogP) is 2.50. The zero-order chi connectivity index (χ0) is 18.8. The number of rotatable bonds is 4. The summed E-state index contributed by atoms with van der Waals surface area (Å²) < 4.78 is 16.6. The predicted molar refractivity (Wildman–Crippen MR) is 98.6 cm³/mol. The van der Waals surface area contributed by atoms with Gasteiger partial charge in [-0.15, -0.1) is 11.3 Å². The topological polar surface area (TPSA) is 85.3 Å². The second-order valence-corrected chi connectivity index (χ2v) is 7.45. The number of ether oxygens (including phenoxy) is 3. The maximum Gasteiger partial charge on any atom is 0.306 e. The number of aliphatic carboxylic acids is 1. The van der Waals surface area contributed by atoms with Crippen LogP contribution in [0.3, 0.4) is 0 Å². The van der Waals surface area contributed by atoms with Crippen molar-refractivity contribution in [3.8, 4) is 21.9 Å². The number of thiophene rings is 1. The summed E-state index contributed by atoms with van der Waals surface area (Å²) in [5, 5.41) is 8.92. The largest absolute Gasteiger partial charge is 0.486 e. The fourth-order valence-corrected chi connectivity index (χ4v) is 4.15. The summed E-state index contributed by atoms with van der Waals surface area (Å²) in [4.78, 5) is 26.9. The van der Waals surface area contributed by atoms with Gasteiger partial charge in [-0.3, -0.25) is 9.59 Å². The summed E-state index contributed by atoms with van der Waals surface area (Å²) in [6, 6.07) is 9.47. The minimum atomic E-state index is -0.925. The Hall–Kier alpha value is -2.58. The van der Waals surface area contributed by atoms with Crippen LogP contribution in [0, 0.1) is 0 Å². The molecule has 4 rings (SSSR count). The zero-order valence-electron chi connectivity index (χ0n) is 14.6. The first-order valence-corrected chi connectivity index (χ1v) is 9.54. The molecular weight excluding hydrogens is 370 g/mol. The molecule has 7 nitrogen and oxygen atoms in total. The molecule has 0 aliphatic carbocycles.